The Bertz CT molecular complexity index is 429. The van der Waals surface area contributed by atoms with Crippen molar-refractivity contribution in [2.24, 2.45) is 5.73 Å². The highest BCUT2D eigenvalue weighted by Crippen LogP contribution is 2.25. The quantitative estimate of drug-likeness (QED) is 0.579. The van der Waals surface area contributed by atoms with Gasteiger partial charge in [0, 0.05) is 6.04 Å². The van der Waals surface area contributed by atoms with Crippen molar-refractivity contribution in [3.8, 4) is 0 Å². The molecule has 0 aliphatic heterocycles. The normalized spacial score (nSPS) is 10.3. The number of primary amides is 1. The Balaban J connectivity index is 2.73. The summed E-state index contributed by atoms with van der Waals surface area (Å²) in [6, 6.07) is 0.196. The number of nitrogens with one attached hydrogen (secondary N) is 2. The Morgan fingerprint density at radius 2 is 2.12 bits per heavy atom. The number of nitrogen functional groups attached to an aromatic ring is 1. The first-order valence-corrected chi connectivity index (χ1v) is 5.81. The van der Waals surface area contributed by atoms with Crippen LogP contribution in [0.5, 0.6) is 0 Å². The van der Waals surface area contributed by atoms with Gasteiger partial charge in [-0.05, 0) is 13.8 Å². The predicted octanol–water partition coefficient (Wildman–Crippen LogP) is -0.239. The van der Waals surface area contributed by atoms with Crippen molar-refractivity contribution in [1.82, 2.24) is 10.3 Å². The Kier molecular flexibility index (Phi) is 4.27. The highest BCUT2D eigenvalue weighted by Gasteiger charge is 2.16. The lowest BCUT2D eigenvalue weighted by Crippen LogP contribution is -2.33. The van der Waals surface area contributed by atoms with E-state index < -0.39 is 11.8 Å². The van der Waals surface area contributed by atoms with Crippen LogP contribution in [-0.4, -0.2) is 29.4 Å². The van der Waals surface area contributed by atoms with Gasteiger partial charge in [0.05, 0.1) is 6.54 Å². The van der Waals surface area contributed by atoms with Crippen molar-refractivity contribution in [3.05, 3.63) is 4.88 Å². The van der Waals surface area contributed by atoms with Gasteiger partial charge in [0.25, 0.3) is 5.91 Å². The molecule has 1 rings (SSSR count). The number of hydrogen-bond donors (Lipinski definition) is 4. The van der Waals surface area contributed by atoms with Gasteiger partial charge in [-0.3, -0.25) is 9.59 Å². The Labute approximate surface area is 103 Å². The summed E-state index contributed by atoms with van der Waals surface area (Å²) in [6.07, 6.45) is 0. The molecule has 0 fully saturated rings. The van der Waals surface area contributed by atoms with Crippen LogP contribution in [0.4, 0.5) is 10.9 Å². The fraction of sp³-hybridized carbons (Fsp3) is 0.444. The van der Waals surface area contributed by atoms with Crippen LogP contribution in [0.2, 0.25) is 0 Å². The van der Waals surface area contributed by atoms with Crippen molar-refractivity contribution < 1.29 is 9.59 Å². The van der Waals surface area contributed by atoms with Crippen LogP contribution in [0.3, 0.4) is 0 Å². The van der Waals surface area contributed by atoms with E-state index in [9.17, 15) is 9.59 Å². The van der Waals surface area contributed by atoms with Gasteiger partial charge >= 0.3 is 0 Å². The fourth-order valence-electron chi connectivity index (χ4n) is 1.05. The lowest BCUT2D eigenvalue weighted by Gasteiger charge is -2.03. The first-order chi connectivity index (χ1) is 7.90. The van der Waals surface area contributed by atoms with E-state index in [-0.39, 0.29) is 23.3 Å². The van der Waals surface area contributed by atoms with Crippen molar-refractivity contribution in [2.75, 3.05) is 17.6 Å². The van der Waals surface area contributed by atoms with E-state index in [4.69, 9.17) is 11.5 Å². The molecule has 1 aromatic rings. The molecule has 0 aromatic carbocycles. The first-order valence-electron chi connectivity index (χ1n) is 4.99. The summed E-state index contributed by atoms with van der Waals surface area (Å²) in [5.74, 6) is -0.919. The SMILES string of the molecule is CC(C)Nc1nc(N)c(C(=O)NCC(N)=O)s1. The molecule has 0 atom stereocenters. The lowest BCUT2D eigenvalue weighted by atomic mass is 10.4. The molecule has 8 heteroatoms. The predicted molar refractivity (Wildman–Crippen MR) is 66.8 cm³/mol. The van der Waals surface area contributed by atoms with Gasteiger partial charge in [-0.15, -0.1) is 0 Å². The Morgan fingerprint density at radius 1 is 1.47 bits per heavy atom. The molecule has 94 valence electrons. The molecule has 0 bridgehead atoms. The zero-order chi connectivity index (χ0) is 13.0. The molecule has 0 unspecified atom stereocenters. The monoisotopic (exact) mass is 257 g/mol. The number of rotatable bonds is 5. The number of aromatic nitrogens is 1. The average molecular weight is 257 g/mol. The minimum absolute atomic E-state index is 0.139. The minimum Gasteiger partial charge on any atom is -0.382 e. The van der Waals surface area contributed by atoms with Crippen LogP contribution >= 0.6 is 11.3 Å². The molecule has 0 aliphatic rings. The van der Waals surface area contributed by atoms with Gasteiger partial charge in [-0.1, -0.05) is 11.3 Å². The number of carbonyl (C=O) groups is 2. The zero-order valence-corrected chi connectivity index (χ0v) is 10.4. The molecule has 0 aliphatic carbocycles. The summed E-state index contributed by atoms with van der Waals surface area (Å²) in [5, 5.41) is 5.97. The van der Waals surface area contributed by atoms with Crippen molar-refractivity contribution in [1.29, 1.82) is 0 Å². The highest BCUT2D eigenvalue weighted by molar-refractivity contribution is 7.18. The topological polar surface area (TPSA) is 123 Å². The summed E-state index contributed by atoms with van der Waals surface area (Å²) in [6.45, 7) is 3.68. The molecular formula is C9H15N5O2S. The number of nitrogens with zero attached hydrogens (tertiary/aromatic N) is 1. The Morgan fingerprint density at radius 3 is 2.65 bits per heavy atom. The van der Waals surface area contributed by atoms with Crippen molar-refractivity contribution >= 4 is 34.1 Å². The second kappa shape index (κ2) is 5.48. The van der Waals surface area contributed by atoms with E-state index in [1.54, 1.807) is 0 Å². The highest BCUT2D eigenvalue weighted by atomic mass is 32.1. The lowest BCUT2D eigenvalue weighted by molar-refractivity contribution is -0.117. The maximum atomic E-state index is 11.6. The molecule has 2 amide bonds. The summed E-state index contributed by atoms with van der Waals surface area (Å²) in [5.41, 5.74) is 10.5. The maximum absolute atomic E-state index is 11.6. The molecule has 0 radical (unpaired) electrons. The van der Waals surface area contributed by atoms with Gasteiger partial charge in [0.15, 0.2) is 5.13 Å². The molecule has 6 N–H and O–H groups in total. The van der Waals surface area contributed by atoms with Crippen LogP contribution in [0, 0.1) is 0 Å². The average Bonchev–Trinajstić information content (AvgIpc) is 2.54. The number of thiazole rings is 1. The number of carbonyl (C=O) groups excluding carboxylic acids is 2. The summed E-state index contributed by atoms with van der Waals surface area (Å²) >= 11 is 1.14. The number of nitrogens with two attached hydrogens (primary N) is 2. The van der Waals surface area contributed by atoms with Crippen molar-refractivity contribution in [2.45, 2.75) is 19.9 Å². The summed E-state index contributed by atoms with van der Waals surface area (Å²) in [7, 11) is 0. The third-order valence-corrected chi connectivity index (χ3v) is 2.70. The first kappa shape index (κ1) is 13.2. The van der Waals surface area contributed by atoms with Crippen LogP contribution in [0.25, 0.3) is 0 Å². The standard InChI is InChI=1S/C9H15N5O2S/c1-4(2)13-9-14-7(11)6(17-9)8(16)12-3-5(10)15/h4H,3,11H2,1-2H3,(H2,10,15)(H,12,16)(H,13,14). The van der Waals surface area contributed by atoms with Gasteiger partial charge in [-0.2, -0.15) is 0 Å². The third kappa shape index (κ3) is 3.91. The second-order valence-corrected chi connectivity index (χ2v) is 4.68. The summed E-state index contributed by atoms with van der Waals surface area (Å²) in [4.78, 5) is 26.4. The Hall–Kier alpha value is -1.83. The molecule has 1 heterocycles. The molecule has 0 saturated carbocycles. The number of hydrogen-bond acceptors (Lipinski definition) is 6. The largest absolute Gasteiger partial charge is 0.382 e. The van der Waals surface area contributed by atoms with Gasteiger partial charge in [0.1, 0.15) is 10.7 Å². The molecule has 0 spiro atoms. The molecule has 7 nitrogen and oxygen atoms in total. The molecule has 1 aromatic heterocycles. The van der Waals surface area contributed by atoms with E-state index in [1.807, 2.05) is 13.8 Å². The van der Waals surface area contributed by atoms with Crippen LogP contribution < -0.4 is 22.1 Å². The van der Waals surface area contributed by atoms with E-state index in [0.717, 1.165) is 11.3 Å². The smallest absolute Gasteiger partial charge is 0.265 e. The van der Waals surface area contributed by atoms with Gasteiger partial charge in [0.2, 0.25) is 5.91 Å². The van der Waals surface area contributed by atoms with Crippen molar-refractivity contribution in [3.63, 3.8) is 0 Å². The van der Waals surface area contributed by atoms with Crippen LogP contribution in [0.15, 0.2) is 0 Å². The number of amides is 2. The van der Waals surface area contributed by atoms with E-state index in [0.29, 0.717) is 5.13 Å². The van der Waals surface area contributed by atoms with E-state index in [2.05, 4.69) is 15.6 Å². The van der Waals surface area contributed by atoms with Gasteiger partial charge < -0.3 is 22.1 Å². The molecular weight excluding hydrogens is 242 g/mol. The minimum atomic E-state index is -0.609. The zero-order valence-electron chi connectivity index (χ0n) is 9.61. The van der Waals surface area contributed by atoms with E-state index in [1.165, 1.54) is 0 Å². The van der Waals surface area contributed by atoms with Crippen LogP contribution in [-0.2, 0) is 4.79 Å². The third-order valence-electron chi connectivity index (χ3n) is 1.69. The summed E-state index contributed by atoms with van der Waals surface area (Å²) < 4.78 is 0. The maximum Gasteiger partial charge on any atom is 0.265 e. The second-order valence-electron chi connectivity index (χ2n) is 3.68. The van der Waals surface area contributed by atoms with Gasteiger partial charge in [-0.25, -0.2) is 4.98 Å². The molecule has 17 heavy (non-hydrogen) atoms. The van der Waals surface area contributed by atoms with E-state index >= 15 is 0 Å². The molecule has 0 saturated heterocycles. The fourth-order valence-corrected chi connectivity index (χ4v) is 2.00. The number of anilines is 2. The van der Waals surface area contributed by atoms with Crippen LogP contribution in [0.1, 0.15) is 23.5 Å².